The molecule has 0 aliphatic carbocycles. The highest BCUT2D eigenvalue weighted by Crippen LogP contribution is 2.13. The lowest BCUT2D eigenvalue weighted by atomic mass is 10.2. The van der Waals surface area contributed by atoms with Gasteiger partial charge in [0.1, 0.15) is 0 Å². The number of hydrogen-bond acceptors (Lipinski definition) is 3. The van der Waals surface area contributed by atoms with E-state index in [1.165, 1.54) is 11.3 Å². The van der Waals surface area contributed by atoms with Gasteiger partial charge in [-0.3, -0.25) is 4.90 Å². The van der Waals surface area contributed by atoms with Crippen LogP contribution in [0.4, 0.5) is 5.69 Å². The summed E-state index contributed by atoms with van der Waals surface area (Å²) in [6.07, 6.45) is 0. The summed E-state index contributed by atoms with van der Waals surface area (Å²) >= 11 is 0. The smallest absolute Gasteiger partial charge is 0.0361 e. The predicted molar refractivity (Wildman–Crippen MR) is 89.5 cm³/mol. The number of hydrogen-bond donors (Lipinski definition) is 0. The zero-order chi connectivity index (χ0) is 15.0. The van der Waals surface area contributed by atoms with Gasteiger partial charge in [0.25, 0.3) is 0 Å². The van der Waals surface area contributed by atoms with Crippen LogP contribution in [0.15, 0.2) is 24.3 Å². The lowest BCUT2D eigenvalue weighted by Gasteiger charge is -2.25. The standard InChI is InChI=1S/C17H31N3/c1-6-19(7-2)13-14-20(8-3)15-16-9-11-17(12-10-16)18(4)5/h9-12H,6-8,13-15H2,1-5H3. The van der Waals surface area contributed by atoms with Crippen molar-refractivity contribution in [3.05, 3.63) is 29.8 Å². The summed E-state index contributed by atoms with van der Waals surface area (Å²) in [7, 11) is 4.16. The minimum absolute atomic E-state index is 1.05. The van der Waals surface area contributed by atoms with Crippen LogP contribution < -0.4 is 4.90 Å². The van der Waals surface area contributed by atoms with Crippen LogP contribution in [0, 0.1) is 0 Å². The molecular formula is C17H31N3. The van der Waals surface area contributed by atoms with Crippen molar-refractivity contribution in [2.75, 3.05) is 51.7 Å². The first kappa shape index (κ1) is 17.0. The molecule has 0 aromatic heterocycles. The fourth-order valence-corrected chi connectivity index (χ4v) is 2.33. The van der Waals surface area contributed by atoms with Gasteiger partial charge in [-0.15, -0.1) is 0 Å². The van der Waals surface area contributed by atoms with Crippen molar-refractivity contribution in [2.24, 2.45) is 0 Å². The monoisotopic (exact) mass is 277 g/mol. The van der Waals surface area contributed by atoms with Gasteiger partial charge in [0.05, 0.1) is 0 Å². The van der Waals surface area contributed by atoms with Crippen LogP contribution in [-0.2, 0) is 6.54 Å². The van der Waals surface area contributed by atoms with E-state index in [-0.39, 0.29) is 0 Å². The third-order valence-corrected chi connectivity index (χ3v) is 3.93. The highest BCUT2D eigenvalue weighted by atomic mass is 15.2. The number of anilines is 1. The first-order chi connectivity index (χ1) is 9.60. The topological polar surface area (TPSA) is 9.72 Å². The molecule has 0 heterocycles. The van der Waals surface area contributed by atoms with Gasteiger partial charge in [-0.05, 0) is 37.3 Å². The lowest BCUT2D eigenvalue weighted by Crippen LogP contribution is -2.34. The second-order valence-corrected chi connectivity index (χ2v) is 5.46. The summed E-state index contributed by atoms with van der Waals surface area (Å²) in [5, 5.41) is 0. The van der Waals surface area contributed by atoms with Crippen molar-refractivity contribution in [1.82, 2.24) is 9.80 Å². The maximum absolute atomic E-state index is 2.52. The molecule has 0 saturated carbocycles. The molecule has 1 aromatic rings. The van der Waals surface area contributed by atoms with E-state index in [0.29, 0.717) is 0 Å². The molecule has 114 valence electrons. The van der Waals surface area contributed by atoms with Gasteiger partial charge in [0.15, 0.2) is 0 Å². The van der Waals surface area contributed by atoms with Gasteiger partial charge in [0, 0.05) is 39.4 Å². The number of rotatable bonds is 9. The maximum Gasteiger partial charge on any atom is 0.0361 e. The second-order valence-electron chi connectivity index (χ2n) is 5.46. The summed E-state index contributed by atoms with van der Waals surface area (Å²) < 4.78 is 0. The minimum Gasteiger partial charge on any atom is -0.378 e. The predicted octanol–water partition coefficient (Wildman–Crippen LogP) is 2.92. The van der Waals surface area contributed by atoms with Gasteiger partial charge >= 0.3 is 0 Å². The molecule has 0 bridgehead atoms. The molecule has 0 unspecified atom stereocenters. The average Bonchev–Trinajstić information content (AvgIpc) is 2.47. The lowest BCUT2D eigenvalue weighted by molar-refractivity contribution is 0.215. The van der Waals surface area contributed by atoms with Crippen molar-refractivity contribution in [3.8, 4) is 0 Å². The summed E-state index contributed by atoms with van der Waals surface area (Å²) in [5.41, 5.74) is 2.66. The Labute approximate surface area is 125 Å². The quantitative estimate of drug-likeness (QED) is 0.687. The number of likely N-dealkylation sites (N-methyl/N-ethyl adjacent to an activating group) is 2. The van der Waals surface area contributed by atoms with Crippen molar-refractivity contribution in [1.29, 1.82) is 0 Å². The Morgan fingerprint density at radius 2 is 1.25 bits per heavy atom. The van der Waals surface area contributed by atoms with E-state index in [2.05, 4.69) is 73.8 Å². The van der Waals surface area contributed by atoms with Gasteiger partial charge in [0.2, 0.25) is 0 Å². The summed E-state index contributed by atoms with van der Waals surface area (Å²) in [4.78, 5) is 7.14. The molecular weight excluding hydrogens is 246 g/mol. The normalized spacial score (nSPS) is 11.3. The van der Waals surface area contributed by atoms with E-state index in [4.69, 9.17) is 0 Å². The van der Waals surface area contributed by atoms with Crippen molar-refractivity contribution >= 4 is 5.69 Å². The SMILES string of the molecule is CCN(CC)CCN(CC)Cc1ccc(N(C)C)cc1. The van der Waals surface area contributed by atoms with E-state index in [1.54, 1.807) is 0 Å². The van der Waals surface area contributed by atoms with Crippen LogP contribution in [-0.4, -0.2) is 56.6 Å². The zero-order valence-corrected chi connectivity index (χ0v) is 13.9. The first-order valence-electron chi connectivity index (χ1n) is 7.81. The molecule has 1 aromatic carbocycles. The molecule has 3 nitrogen and oxygen atoms in total. The zero-order valence-electron chi connectivity index (χ0n) is 13.9. The van der Waals surface area contributed by atoms with Gasteiger partial charge in [-0.2, -0.15) is 0 Å². The highest BCUT2D eigenvalue weighted by Gasteiger charge is 2.06. The number of benzene rings is 1. The fourth-order valence-electron chi connectivity index (χ4n) is 2.33. The first-order valence-corrected chi connectivity index (χ1v) is 7.81. The third-order valence-electron chi connectivity index (χ3n) is 3.93. The Balaban J connectivity index is 2.50. The fraction of sp³-hybridized carbons (Fsp3) is 0.647. The highest BCUT2D eigenvalue weighted by molar-refractivity contribution is 5.45. The Hall–Kier alpha value is -1.06. The van der Waals surface area contributed by atoms with Crippen LogP contribution in [0.5, 0.6) is 0 Å². The largest absolute Gasteiger partial charge is 0.378 e. The van der Waals surface area contributed by atoms with Crippen molar-refractivity contribution < 1.29 is 0 Å². The molecule has 0 saturated heterocycles. The van der Waals surface area contributed by atoms with E-state index in [1.807, 2.05) is 0 Å². The third kappa shape index (κ3) is 5.51. The van der Waals surface area contributed by atoms with Gasteiger partial charge < -0.3 is 9.80 Å². The Morgan fingerprint density at radius 1 is 0.750 bits per heavy atom. The van der Waals surface area contributed by atoms with Crippen molar-refractivity contribution in [3.63, 3.8) is 0 Å². The van der Waals surface area contributed by atoms with E-state index >= 15 is 0 Å². The Morgan fingerprint density at radius 3 is 1.70 bits per heavy atom. The number of nitrogens with zero attached hydrogens (tertiary/aromatic N) is 3. The molecule has 0 aliphatic rings. The molecule has 0 amide bonds. The molecule has 1 rings (SSSR count). The van der Waals surface area contributed by atoms with Crippen LogP contribution in [0.25, 0.3) is 0 Å². The van der Waals surface area contributed by atoms with E-state index < -0.39 is 0 Å². The summed E-state index contributed by atoms with van der Waals surface area (Å²) in [6, 6.07) is 8.89. The summed E-state index contributed by atoms with van der Waals surface area (Å²) in [5.74, 6) is 0. The Bertz CT molecular complexity index is 355. The maximum atomic E-state index is 2.52. The molecule has 20 heavy (non-hydrogen) atoms. The average molecular weight is 277 g/mol. The molecule has 0 fully saturated rings. The van der Waals surface area contributed by atoms with Crippen LogP contribution in [0.1, 0.15) is 26.3 Å². The molecule has 0 atom stereocenters. The van der Waals surface area contributed by atoms with Crippen molar-refractivity contribution in [2.45, 2.75) is 27.3 Å². The van der Waals surface area contributed by atoms with Crippen LogP contribution in [0.2, 0.25) is 0 Å². The second kappa shape index (κ2) is 8.98. The minimum atomic E-state index is 1.05. The molecule has 0 spiro atoms. The van der Waals surface area contributed by atoms with E-state index in [0.717, 1.165) is 39.3 Å². The van der Waals surface area contributed by atoms with E-state index in [9.17, 15) is 0 Å². The molecule has 0 aliphatic heterocycles. The van der Waals surface area contributed by atoms with Crippen LogP contribution >= 0.6 is 0 Å². The molecule has 3 heteroatoms. The summed E-state index contributed by atoms with van der Waals surface area (Å²) in [6.45, 7) is 13.5. The Kier molecular flexibility index (Phi) is 7.63. The molecule has 0 N–H and O–H groups in total. The van der Waals surface area contributed by atoms with Gasteiger partial charge in [-0.1, -0.05) is 32.9 Å². The van der Waals surface area contributed by atoms with Gasteiger partial charge in [-0.25, -0.2) is 0 Å². The van der Waals surface area contributed by atoms with Crippen LogP contribution in [0.3, 0.4) is 0 Å². The molecule has 0 radical (unpaired) electrons.